The van der Waals surface area contributed by atoms with E-state index in [4.69, 9.17) is 11.6 Å². The number of halogens is 1. The predicted molar refractivity (Wildman–Crippen MR) is 75.9 cm³/mol. The van der Waals surface area contributed by atoms with E-state index in [0.29, 0.717) is 6.04 Å². The maximum Gasteiger partial charge on any atom is 0.208 e. The minimum atomic E-state index is 0.461. The molecule has 17 heavy (non-hydrogen) atoms. The molecule has 0 radical (unpaired) electrons. The number of hydrogen-bond donors (Lipinski definition) is 2. The molecule has 0 spiro atoms. The average molecular weight is 270 g/mol. The van der Waals surface area contributed by atoms with Crippen molar-refractivity contribution in [1.82, 2.24) is 5.32 Å². The number of nitrogens with zero attached hydrogens (tertiary/aromatic N) is 1. The number of hydrogen-bond acceptors (Lipinski definition) is 4. The minimum absolute atomic E-state index is 0.461. The van der Waals surface area contributed by atoms with Gasteiger partial charge in [-0.2, -0.15) is 4.40 Å². The van der Waals surface area contributed by atoms with Gasteiger partial charge >= 0.3 is 0 Å². The van der Waals surface area contributed by atoms with E-state index in [1.165, 1.54) is 11.9 Å². The van der Waals surface area contributed by atoms with Gasteiger partial charge in [-0.3, -0.25) is 0 Å². The first kappa shape index (κ1) is 12.6. The van der Waals surface area contributed by atoms with E-state index in [9.17, 15) is 0 Å². The monoisotopic (exact) mass is 269 g/mol. The van der Waals surface area contributed by atoms with Crippen molar-refractivity contribution >= 4 is 35.2 Å². The van der Waals surface area contributed by atoms with E-state index < -0.39 is 0 Å². The van der Waals surface area contributed by atoms with Crippen molar-refractivity contribution in [2.24, 2.45) is 4.40 Å². The van der Waals surface area contributed by atoms with Gasteiger partial charge in [0.25, 0.3) is 0 Å². The first-order valence-corrected chi connectivity index (χ1v) is 6.96. The van der Waals surface area contributed by atoms with Crippen LogP contribution in [-0.4, -0.2) is 12.0 Å². The molecular weight excluding hydrogens is 254 g/mol. The number of benzene rings is 1. The highest BCUT2D eigenvalue weighted by atomic mass is 35.5. The Labute approximate surface area is 111 Å². The van der Waals surface area contributed by atoms with E-state index in [0.717, 1.165) is 34.4 Å². The van der Waals surface area contributed by atoms with Gasteiger partial charge in [0.2, 0.25) is 5.96 Å². The van der Waals surface area contributed by atoms with Gasteiger partial charge in [0.1, 0.15) is 0 Å². The van der Waals surface area contributed by atoms with Crippen molar-refractivity contribution in [2.75, 3.05) is 5.32 Å². The Morgan fingerprint density at radius 3 is 2.88 bits per heavy atom. The van der Waals surface area contributed by atoms with Crippen LogP contribution in [0.25, 0.3) is 0 Å². The van der Waals surface area contributed by atoms with E-state index in [-0.39, 0.29) is 0 Å². The molecule has 0 aromatic heterocycles. The summed E-state index contributed by atoms with van der Waals surface area (Å²) in [6.07, 6.45) is 2.18. The predicted octanol–water partition coefficient (Wildman–Crippen LogP) is 3.91. The molecule has 0 aliphatic carbocycles. The van der Waals surface area contributed by atoms with Gasteiger partial charge in [0, 0.05) is 23.0 Å². The van der Waals surface area contributed by atoms with Crippen LogP contribution in [0.15, 0.2) is 27.5 Å². The fourth-order valence-corrected chi connectivity index (χ4v) is 2.47. The van der Waals surface area contributed by atoms with Gasteiger partial charge in [-0.1, -0.05) is 25.4 Å². The highest BCUT2D eigenvalue weighted by molar-refractivity contribution is 7.98. The lowest BCUT2D eigenvalue weighted by Crippen LogP contribution is -2.39. The lowest BCUT2D eigenvalue weighted by Gasteiger charge is -2.22. The van der Waals surface area contributed by atoms with Crippen molar-refractivity contribution in [3.8, 4) is 0 Å². The Morgan fingerprint density at radius 2 is 2.18 bits per heavy atom. The van der Waals surface area contributed by atoms with Crippen molar-refractivity contribution in [3.05, 3.63) is 23.2 Å². The summed E-state index contributed by atoms with van der Waals surface area (Å²) in [5.41, 5.74) is 1.02. The largest absolute Gasteiger partial charge is 0.353 e. The zero-order valence-electron chi connectivity index (χ0n) is 9.96. The fraction of sp³-hybridized carbons (Fsp3) is 0.417. The summed E-state index contributed by atoms with van der Waals surface area (Å²) in [6, 6.07) is 6.24. The first-order valence-electron chi connectivity index (χ1n) is 5.81. The van der Waals surface area contributed by atoms with Gasteiger partial charge < -0.3 is 10.6 Å². The summed E-state index contributed by atoms with van der Waals surface area (Å²) in [5, 5.41) is 7.40. The quantitative estimate of drug-likeness (QED) is 0.817. The van der Waals surface area contributed by atoms with Crippen LogP contribution in [0.4, 0.5) is 5.69 Å². The summed E-state index contributed by atoms with van der Waals surface area (Å²) >= 11 is 7.45. The Bertz CT molecular complexity index is 430. The number of fused-ring (bicyclic) bond motifs is 1. The molecule has 0 atom stereocenters. The first-order chi connectivity index (χ1) is 8.22. The molecular formula is C12H16ClN3S. The highest BCUT2D eigenvalue weighted by Crippen LogP contribution is 2.33. The summed E-state index contributed by atoms with van der Waals surface area (Å²) in [7, 11) is 0. The van der Waals surface area contributed by atoms with Crippen LogP contribution in [-0.2, 0) is 0 Å². The van der Waals surface area contributed by atoms with Gasteiger partial charge in [-0.25, -0.2) is 0 Å². The number of guanidine groups is 1. The van der Waals surface area contributed by atoms with E-state index in [2.05, 4.69) is 28.9 Å². The van der Waals surface area contributed by atoms with Crippen LogP contribution >= 0.6 is 23.5 Å². The summed E-state index contributed by atoms with van der Waals surface area (Å²) < 4.78 is 4.40. The zero-order chi connectivity index (χ0) is 12.3. The van der Waals surface area contributed by atoms with Gasteiger partial charge in [0.05, 0.1) is 10.6 Å². The van der Waals surface area contributed by atoms with Gasteiger partial charge in [-0.15, -0.1) is 0 Å². The second kappa shape index (κ2) is 5.65. The second-order valence-electron chi connectivity index (χ2n) is 3.95. The van der Waals surface area contributed by atoms with Crippen LogP contribution in [0, 0.1) is 0 Å². The SMILES string of the molecule is CCC(CC)NC1=NSc2ccc(Cl)cc2N1. The smallest absolute Gasteiger partial charge is 0.208 e. The topological polar surface area (TPSA) is 36.4 Å². The Kier molecular flexibility index (Phi) is 4.18. The molecule has 0 amide bonds. The van der Waals surface area contributed by atoms with Gasteiger partial charge in [-0.05, 0) is 31.0 Å². The molecule has 92 valence electrons. The van der Waals surface area contributed by atoms with Crippen molar-refractivity contribution in [2.45, 2.75) is 37.6 Å². The maximum absolute atomic E-state index is 5.98. The van der Waals surface area contributed by atoms with Crippen LogP contribution < -0.4 is 10.6 Å². The summed E-state index contributed by atoms with van der Waals surface area (Å²) in [5.74, 6) is 0.818. The fourth-order valence-electron chi connectivity index (χ4n) is 1.67. The molecule has 2 rings (SSSR count). The Hall–Kier alpha value is -0.870. The molecule has 0 unspecified atom stereocenters. The van der Waals surface area contributed by atoms with Gasteiger partial charge in [0.15, 0.2) is 0 Å². The molecule has 0 saturated heterocycles. The molecule has 1 aliphatic rings. The van der Waals surface area contributed by atoms with Crippen LogP contribution in [0.1, 0.15) is 26.7 Å². The molecule has 5 heteroatoms. The third-order valence-corrected chi connectivity index (χ3v) is 3.82. The molecule has 1 aromatic rings. The molecule has 1 aliphatic heterocycles. The molecule has 1 heterocycles. The zero-order valence-corrected chi connectivity index (χ0v) is 11.5. The van der Waals surface area contributed by atoms with Crippen LogP contribution in [0.5, 0.6) is 0 Å². The van der Waals surface area contributed by atoms with E-state index in [1.54, 1.807) is 0 Å². The van der Waals surface area contributed by atoms with Crippen molar-refractivity contribution < 1.29 is 0 Å². The van der Waals surface area contributed by atoms with E-state index >= 15 is 0 Å². The molecule has 3 nitrogen and oxygen atoms in total. The third-order valence-electron chi connectivity index (χ3n) is 2.76. The molecule has 0 fully saturated rings. The summed E-state index contributed by atoms with van der Waals surface area (Å²) in [6.45, 7) is 4.34. The molecule has 1 aromatic carbocycles. The van der Waals surface area contributed by atoms with Crippen molar-refractivity contribution in [1.29, 1.82) is 0 Å². The minimum Gasteiger partial charge on any atom is -0.353 e. The Morgan fingerprint density at radius 1 is 1.41 bits per heavy atom. The standard InChI is InChI=1S/C12H16ClN3S/c1-3-9(4-2)14-12-15-10-7-8(13)5-6-11(10)17-16-12/h5-7,9H,3-4H2,1-2H3,(H2,14,15,16). The summed E-state index contributed by atoms with van der Waals surface area (Å²) in [4.78, 5) is 1.10. The number of anilines is 1. The number of rotatable bonds is 3. The molecule has 0 saturated carbocycles. The normalized spacial score (nSPS) is 14.0. The number of nitrogens with one attached hydrogen (secondary N) is 2. The van der Waals surface area contributed by atoms with Crippen LogP contribution in [0.3, 0.4) is 0 Å². The van der Waals surface area contributed by atoms with E-state index in [1.807, 2.05) is 18.2 Å². The van der Waals surface area contributed by atoms with Crippen molar-refractivity contribution in [3.63, 3.8) is 0 Å². The lowest BCUT2D eigenvalue weighted by atomic mass is 10.2. The lowest BCUT2D eigenvalue weighted by molar-refractivity contribution is 0.570. The van der Waals surface area contributed by atoms with Crippen LogP contribution in [0.2, 0.25) is 5.02 Å². The molecule has 2 N–H and O–H groups in total. The third kappa shape index (κ3) is 3.07. The Balaban J connectivity index is 2.08. The second-order valence-corrected chi connectivity index (χ2v) is 5.20. The average Bonchev–Trinajstić information content (AvgIpc) is 2.35. The molecule has 0 bridgehead atoms. The maximum atomic E-state index is 5.98. The highest BCUT2D eigenvalue weighted by Gasteiger charge is 2.14.